The van der Waals surface area contributed by atoms with Gasteiger partial charge in [0.2, 0.25) is 6.54 Å². The number of nitrogens with zero attached hydrogens (tertiary/aromatic N) is 2. The summed E-state index contributed by atoms with van der Waals surface area (Å²) in [6, 6.07) is 16.3. The average molecular weight is 522 g/mol. The van der Waals surface area contributed by atoms with E-state index in [0.717, 1.165) is 22.3 Å². The van der Waals surface area contributed by atoms with Crippen LogP contribution in [-0.4, -0.2) is 49.2 Å². The van der Waals surface area contributed by atoms with E-state index in [4.69, 9.17) is 20.4 Å². The zero-order valence-corrected chi connectivity index (χ0v) is 23.0. The number of fused-ring (bicyclic) bond motifs is 2. The second-order valence-electron chi connectivity index (χ2n) is 9.23. The molecule has 0 heterocycles. The lowest BCUT2D eigenvalue weighted by atomic mass is 9.92. The van der Waals surface area contributed by atoms with E-state index in [2.05, 4.69) is 54.4 Å². The highest BCUT2D eigenvalue weighted by atomic mass is 31.2. The van der Waals surface area contributed by atoms with Crippen LogP contribution in [-0.2, 0) is 20.2 Å². The molecule has 8 heteroatoms. The SMILES string of the molecule is [C-]#[N+]CCOP(OCCCNC(=O)OC1Cc2ccccc2C#Cc2ccccc21)N(C(C)C)C(C)C. The van der Waals surface area contributed by atoms with Crippen molar-refractivity contribution in [3.8, 4) is 11.8 Å². The number of amides is 1. The molecule has 1 aliphatic rings. The van der Waals surface area contributed by atoms with Gasteiger partial charge in [-0.15, -0.1) is 0 Å². The molecule has 2 aromatic rings. The number of carbonyl (C=O) groups excluding carboxylic acids is 1. The molecule has 0 saturated carbocycles. The number of alkyl carbamates (subject to hydrolysis) is 1. The molecule has 3 rings (SSSR count). The van der Waals surface area contributed by atoms with Gasteiger partial charge in [-0.1, -0.05) is 48.2 Å². The predicted molar refractivity (Wildman–Crippen MR) is 147 cm³/mol. The Morgan fingerprint density at radius 1 is 1.05 bits per heavy atom. The minimum Gasteiger partial charge on any atom is -0.441 e. The first-order chi connectivity index (χ1) is 17.9. The molecule has 0 saturated heterocycles. The maximum atomic E-state index is 12.7. The molecule has 2 aromatic carbocycles. The second kappa shape index (κ2) is 14.7. The van der Waals surface area contributed by atoms with Gasteiger partial charge in [-0.05, 0) is 51.8 Å². The van der Waals surface area contributed by atoms with E-state index in [1.54, 1.807) is 0 Å². The number of carbonyl (C=O) groups is 1. The number of hydrogen-bond acceptors (Lipinski definition) is 5. The summed E-state index contributed by atoms with van der Waals surface area (Å²) >= 11 is 0. The van der Waals surface area contributed by atoms with Crippen LogP contribution in [0.5, 0.6) is 0 Å². The average Bonchev–Trinajstić information content (AvgIpc) is 2.86. The van der Waals surface area contributed by atoms with E-state index in [0.29, 0.717) is 39.1 Å². The van der Waals surface area contributed by atoms with Gasteiger partial charge in [0, 0.05) is 41.7 Å². The Balaban J connectivity index is 1.54. The van der Waals surface area contributed by atoms with Gasteiger partial charge in [-0.25, -0.2) is 16.0 Å². The summed E-state index contributed by atoms with van der Waals surface area (Å²) in [7, 11) is -1.29. The van der Waals surface area contributed by atoms with Crippen LogP contribution in [0.2, 0.25) is 0 Å². The summed E-state index contributed by atoms with van der Waals surface area (Å²) in [6.07, 6.45) is 0.273. The third kappa shape index (κ3) is 8.56. The van der Waals surface area contributed by atoms with Crippen molar-refractivity contribution in [3.63, 3.8) is 0 Å². The molecule has 196 valence electrons. The van der Waals surface area contributed by atoms with Crippen molar-refractivity contribution < 1.29 is 18.6 Å². The van der Waals surface area contributed by atoms with Gasteiger partial charge in [0.1, 0.15) is 12.7 Å². The molecule has 0 spiro atoms. The molecule has 7 nitrogen and oxygen atoms in total. The summed E-state index contributed by atoms with van der Waals surface area (Å²) in [5.41, 5.74) is 3.79. The maximum Gasteiger partial charge on any atom is 0.407 e. The van der Waals surface area contributed by atoms with Crippen molar-refractivity contribution in [2.75, 3.05) is 26.3 Å². The molecular formula is C29H36N3O4P. The molecule has 0 radical (unpaired) electrons. The third-order valence-electron chi connectivity index (χ3n) is 5.76. The largest absolute Gasteiger partial charge is 0.441 e. The fourth-order valence-electron chi connectivity index (χ4n) is 4.15. The second-order valence-corrected chi connectivity index (χ2v) is 10.7. The van der Waals surface area contributed by atoms with Crippen molar-refractivity contribution in [2.45, 2.75) is 58.7 Å². The van der Waals surface area contributed by atoms with Gasteiger partial charge >= 0.3 is 6.09 Å². The third-order valence-corrected chi connectivity index (χ3v) is 7.86. The lowest BCUT2D eigenvalue weighted by molar-refractivity contribution is 0.0968. The Labute approximate surface area is 222 Å². The molecule has 0 aliphatic heterocycles. The summed E-state index contributed by atoms with van der Waals surface area (Å²) in [4.78, 5) is 16.1. The molecule has 1 N–H and O–H groups in total. The van der Waals surface area contributed by atoms with Crippen molar-refractivity contribution in [1.82, 2.24) is 9.99 Å². The van der Waals surface area contributed by atoms with Crippen LogP contribution in [0.25, 0.3) is 4.85 Å². The van der Waals surface area contributed by atoms with Crippen LogP contribution in [0, 0.1) is 18.4 Å². The standard InChI is InChI=1S/C29H36N3O4P/c1-22(2)32(23(3)4)37(35-20-18-30-5)34-19-10-17-31-29(33)36-28-21-26-13-7-6-11-24(26)15-16-25-12-8-9-14-27(25)28/h6-9,11-14,22-23,28H,10,17-21H2,1-4H3,(H,31,33). The smallest absolute Gasteiger partial charge is 0.407 e. The zero-order chi connectivity index (χ0) is 26.6. The number of benzene rings is 2. The van der Waals surface area contributed by atoms with Gasteiger partial charge in [-0.2, -0.15) is 0 Å². The van der Waals surface area contributed by atoms with Gasteiger partial charge in [0.25, 0.3) is 8.53 Å². The van der Waals surface area contributed by atoms with Crippen LogP contribution in [0.3, 0.4) is 0 Å². The summed E-state index contributed by atoms with van der Waals surface area (Å²) < 4.78 is 20.1. The van der Waals surface area contributed by atoms with Crippen molar-refractivity contribution >= 4 is 14.6 Å². The lowest BCUT2D eigenvalue weighted by Crippen LogP contribution is -2.34. The predicted octanol–water partition coefficient (Wildman–Crippen LogP) is 6.10. The van der Waals surface area contributed by atoms with Gasteiger partial charge in [-0.3, -0.25) is 0 Å². The lowest BCUT2D eigenvalue weighted by Gasteiger charge is -2.35. The Hall–Kier alpha value is -2.93. The topological polar surface area (TPSA) is 64.4 Å². The van der Waals surface area contributed by atoms with E-state index in [9.17, 15) is 4.79 Å². The molecule has 37 heavy (non-hydrogen) atoms. The van der Waals surface area contributed by atoms with Crippen LogP contribution >= 0.6 is 8.53 Å². The number of rotatable bonds is 12. The number of nitrogens with one attached hydrogen (secondary N) is 1. The van der Waals surface area contributed by atoms with E-state index in [1.807, 2.05) is 48.5 Å². The van der Waals surface area contributed by atoms with Crippen LogP contribution in [0.4, 0.5) is 4.79 Å². The van der Waals surface area contributed by atoms with Crippen molar-refractivity contribution in [2.24, 2.45) is 0 Å². The summed E-state index contributed by atoms with van der Waals surface area (Å²) in [6.45, 7) is 16.9. The highest BCUT2D eigenvalue weighted by Crippen LogP contribution is 2.45. The zero-order valence-electron chi connectivity index (χ0n) is 22.1. The van der Waals surface area contributed by atoms with Crippen LogP contribution in [0.15, 0.2) is 48.5 Å². The molecule has 0 fully saturated rings. The maximum absolute atomic E-state index is 12.7. The minimum absolute atomic E-state index is 0.244. The normalized spacial score (nSPS) is 15.0. The van der Waals surface area contributed by atoms with E-state index >= 15 is 0 Å². The van der Waals surface area contributed by atoms with Crippen LogP contribution < -0.4 is 5.32 Å². The van der Waals surface area contributed by atoms with Crippen LogP contribution in [0.1, 0.15) is 62.5 Å². The summed E-state index contributed by atoms with van der Waals surface area (Å²) in [5.74, 6) is 6.47. The fourth-order valence-corrected chi connectivity index (χ4v) is 5.76. The molecule has 1 aliphatic carbocycles. The molecule has 2 unspecified atom stereocenters. The number of hydrogen-bond donors (Lipinski definition) is 1. The molecular weight excluding hydrogens is 485 g/mol. The minimum atomic E-state index is -1.29. The molecule has 2 atom stereocenters. The molecule has 1 amide bonds. The number of ether oxygens (including phenoxy) is 1. The first kappa shape index (κ1) is 28.6. The Kier molecular flexibility index (Phi) is 11.4. The van der Waals surface area contributed by atoms with Crippen molar-refractivity contribution in [3.05, 3.63) is 82.2 Å². The van der Waals surface area contributed by atoms with Gasteiger partial charge in [0.05, 0.1) is 6.61 Å². The first-order valence-electron chi connectivity index (χ1n) is 12.7. The quantitative estimate of drug-likeness (QED) is 0.158. The summed E-state index contributed by atoms with van der Waals surface area (Å²) in [5, 5.41) is 2.86. The highest BCUT2D eigenvalue weighted by molar-refractivity contribution is 7.44. The van der Waals surface area contributed by atoms with E-state index in [1.165, 1.54) is 0 Å². The highest BCUT2D eigenvalue weighted by Gasteiger charge is 2.27. The van der Waals surface area contributed by atoms with Gasteiger partial charge < -0.3 is 23.9 Å². The Bertz CT molecular complexity index is 1130. The first-order valence-corrected chi connectivity index (χ1v) is 13.8. The fraction of sp³-hybridized carbons (Fsp3) is 0.448. The Morgan fingerprint density at radius 3 is 2.43 bits per heavy atom. The monoisotopic (exact) mass is 521 g/mol. The molecule has 0 aromatic heterocycles. The molecule has 0 bridgehead atoms. The van der Waals surface area contributed by atoms with Gasteiger partial charge in [0.15, 0.2) is 0 Å². The van der Waals surface area contributed by atoms with Crippen molar-refractivity contribution in [1.29, 1.82) is 0 Å². The Morgan fingerprint density at radius 2 is 1.70 bits per heavy atom. The van der Waals surface area contributed by atoms with E-state index in [-0.39, 0.29) is 12.1 Å². The van der Waals surface area contributed by atoms with E-state index < -0.39 is 20.7 Å².